The molecule has 20 heavy (non-hydrogen) atoms. The standard InChI is InChI=1S/C15H19ClFN3/c1-10(2)20-7-6-12(19-20)8-11(18)9-13-14(16)4-3-5-15(13)17/h3-7,10-11H,8-9,18H2,1-2H3. The number of aromatic nitrogens is 2. The second kappa shape index (κ2) is 6.37. The second-order valence-corrected chi connectivity index (χ2v) is 5.66. The Hall–Kier alpha value is -1.39. The Kier molecular flexibility index (Phi) is 4.78. The van der Waals surface area contributed by atoms with Gasteiger partial charge in [0.1, 0.15) is 5.82 Å². The SMILES string of the molecule is CC(C)n1ccc(CC(N)Cc2c(F)cccc2Cl)n1. The number of nitrogens with two attached hydrogens (primary N) is 1. The zero-order valence-corrected chi connectivity index (χ0v) is 12.4. The Morgan fingerprint density at radius 1 is 1.30 bits per heavy atom. The summed E-state index contributed by atoms with van der Waals surface area (Å²) in [7, 11) is 0. The quantitative estimate of drug-likeness (QED) is 0.919. The molecule has 2 rings (SSSR count). The molecule has 1 aromatic carbocycles. The molecule has 0 radical (unpaired) electrons. The molecule has 1 atom stereocenters. The highest BCUT2D eigenvalue weighted by Crippen LogP contribution is 2.20. The van der Waals surface area contributed by atoms with Crippen molar-refractivity contribution in [2.24, 2.45) is 5.73 Å². The van der Waals surface area contributed by atoms with E-state index in [0.717, 1.165) is 5.69 Å². The van der Waals surface area contributed by atoms with Crippen molar-refractivity contribution in [1.82, 2.24) is 9.78 Å². The topological polar surface area (TPSA) is 43.8 Å². The number of rotatable bonds is 5. The van der Waals surface area contributed by atoms with Crippen LogP contribution in [0.1, 0.15) is 31.1 Å². The third-order valence-electron chi connectivity index (χ3n) is 3.19. The van der Waals surface area contributed by atoms with E-state index in [2.05, 4.69) is 18.9 Å². The van der Waals surface area contributed by atoms with Crippen molar-refractivity contribution in [2.45, 2.75) is 38.8 Å². The molecule has 0 aliphatic carbocycles. The largest absolute Gasteiger partial charge is 0.327 e. The van der Waals surface area contributed by atoms with Crippen LogP contribution < -0.4 is 5.73 Å². The van der Waals surface area contributed by atoms with Crippen molar-refractivity contribution in [2.75, 3.05) is 0 Å². The Bertz CT molecular complexity index is 560. The Morgan fingerprint density at radius 3 is 2.65 bits per heavy atom. The summed E-state index contributed by atoms with van der Waals surface area (Å²) in [5.74, 6) is -0.305. The molecule has 0 fully saturated rings. The summed E-state index contributed by atoms with van der Waals surface area (Å²) in [6, 6.07) is 6.74. The Labute approximate surface area is 123 Å². The van der Waals surface area contributed by atoms with Crippen LogP contribution >= 0.6 is 11.6 Å². The minimum Gasteiger partial charge on any atom is -0.327 e. The predicted octanol–water partition coefficient (Wildman–Crippen LogP) is 3.37. The van der Waals surface area contributed by atoms with Crippen molar-refractivity contribution in [1.29, 1.82) is 0 Å². The first-order chi connectivity index (χ1) is 9.47. The fraction of sp³-hybridized carbons (Fsp3) is 0.400. The lowest BCUT2D eigenvalue weighted by Crippen LogP contribution is -2.26. The van der Waals surface area contributed by atoms with Gasteiger partial charge in [-0.2, -0.15) is 5.10 Å². The van der Waals surface area contributed by atoms with Gasteiger partial charge in [-0.1, -0.05) is 17.7 Å². The zero-order valence-electron chi connectivity index (χ0n) is 11.7. The molecule has 1 unspecified atom stereocenters. The average Bonchev–Trinajstić information content (AvgIpc) is 2.82. The lowest BCUT2D eigenvalue weighted by molar-refractivity contribution is 0.519. The van der Waals surface area contributed by atoms with Crippen LogP contribution in [0.4, 0.5) is 4.39 Å². The van der Waals surface area contributed by atoms with E-state index in [1.807, 2.05) is 16.9 Å². The van der Waals surface area contributed by atoms with Gasteiger partial charge in [0.25, 0.3) is 0 Å². The van der Waals surface area contributed by atoms with Gasteiger partial charge in [-0.05, 0) is 38.5 Å². The van der Waals surface area contributed by atoms with Gasteiger partial charge in [-0.3, -0.25) is 4.68 Å². The lowest BCUT2D eigenvalue weighted by Gasteiger charge is -2.12. The molecule has 0 amide bonds. The van der Waals surface area contributed by atoms with Crippen molar-refractivity contribution >= 4 is 11.6 Å². The molecule has 0 saturated heterocycles. The van der Waals surface area contributed by atoms with Gasteiger partial charge in [0.05, 0.1) is 5.69 Å². The number of nitrogens with zero attached hydrogens (tertiary/aromatic N) is 2. The first-order valence-electron chi connectivity index (χ1n) is 6.70. The van der Waals surface area contributed by atoms with Crippen molar-refractivity contribution in [3.8, 4) is 0 Å². The summed E-state index contributed by atoms with van der Waals surface area (Å²) in [5, 5.41) is 4.87. The smallest absolute Gasteiger partial charge is 0.127 e. The Balaban J connectivity index is 2.03. The molecular weight excluding hydrogens is 277 g/mol. The third kappa shape index (κ3) is 3.58. The molecule has 108 valence electrons. The maximum absolute atomic E-state index is 13.7. The summed E-state index contributed by atoms with van der Waals surface area (Å²) in [4.78, 5) is 0. The van der Waals surface area contributed by atoms with E-state index in [1.54, 1.807) is 12.1 Å². The number of hydrogen-bond acceptors (Lipinski definition) is 2. The fourth-order valence-corrected chi connectivity index (χ4v) is 2.34. The monoisotopic (exact) mass is 295 g/mol. The van der Waals surface area contributed by atoms with E-state index in [9.17, 15) is 4.39 Å². The van der Waals surface area contributed by atoms with E-state index >= 15 is 0 Å². The molecule has 2 aromatic rings. The van der Waals surface area contributed by atoms with Gasteiger partial charge in [0.15, 0.2) is 0 Å². The van der Waals surface area contributed by atoms with Gasteiger partial charge in [0.2, 0.25) is 0 Å². The summed E-state index contributed by atoms with van der Waals surface area (Å²) < 4.78 is 15.6. The summed E-state index contributed by atoms with van der Waals surface area (Å²) in [5.41, 5.74) is 7.48. The summed E-state index contributed by atoms with van der Waals surface area (Å²) in [6.07, 6.45) is 2.94. The molecule has 0 aliphatic rings. The fourth-order valence-electron chi connectivity index (χ4n) is 2.10. The number of halogens is 2. The zero-order chi connectivity index (χ0) is 14.7. The minimum atomic E-state index is -0.305. The van der Waals surface area contributed by atoms with Crippen LogP contribution in [0.15, 0.2) is 30.5 Å². The van der Waals surface area contributed by atoms with E-state index in [0.29, 0.717) is 29.5 Å². The highest BCUT2D eigenvalue weighted by molar-refractivity contribution is 6.31. The van der Waals surface area contributed by atoms with Gasteiger partial charge in [0, 0.05) is 35.3 Å². The lowest BCUT2D eigenvalue weighted by atomic mass is 10.0. The van der Waals surface area contributed by atoms with Gasteiger partial charge >= 0.3 is 0 Å². The molecule has 2 N–H and O–H groups in total. The summed E-state index contributed by atoms with van der Waals surface area (Å²) in [6.45, 7) is 4.13. The molecule has 0 spiro atoms. The predicted molar refractivity (Wildman–Crippen MR) is 79.4 cm³/mol. The number of benzene rings is 1. The van der Waals surface area contributed by atoms with Crippen LogP contribution in [0.2, 0.25) is 5.02 Å². The highest BCUT2D eigenvalue weighted by atomic mass is 35.5. The highest BCUT2D eigenvalue weighted by Gasteiger charge is 2.13. The van der Waals surface area contributed by atoms with Crippen LogP contribution in [-0.2, 0) is 12.8 Å². The van der Waals surface area contributed by atoms with Crippen molar-refractivity contribution in [3.63, 3.8) is 0 Å². The molecule has 1 aromatic heterocycles. The van der Waals surface area contributed by atoms with Crippen LogP contribution in [0.25, 0.3) is 0 Å². The van der Waals surface area contributed by atoms with E-state index in [1.165, 1.54) is 6.07 Å². The van der Waals surface area contributed by atoms with Gasteiger partial charge in [-0.15, -0.1) is 0 Å². The molecule has 5 heteroatoms. The maximum Gasteiger partial charge on any atom is 0.127 e. The average molecular weight is 296 g/mol. The normalized spacial score (nSPS) is 12.9. The third-order valence-corrected chi connectivity index (χ3v) is 3.55. The molecule has 0 aliphatic heterocycles. The van der Waals surface area contributed by atoms with E-state index in [-0.39, 0.29) is 11.9 Å². The van der Waals surface area contributed by atoms with Crippen LogP contribution in [0.5, 0.6) is 0 Å². The van der Waals surface area contributed by atoms with E-state index in [4.69, 9.17) is 17.3 Å². The van der Waals surface area contributed by atoms with Gasteiger partial charge in [-0.25, -0.2) is 4.39 Å². The van der Waals surface area contributed by atoms with Crippen LogP contribution in [0.3, 0.4) is 0 Å². The molecule has 0 saturated carbocycles. The first kappa shape index (κ1) is 15.0. The van der Waals surface area contributed by atoms with Gasteiger partial charge < -0.3 is 5.73 Å². The molecule has 1 heterocycles. The Morgan fingerprint density at radius 2 is 2.05 bits per heavy atom. The van der Waals surface area contributed by atoms with Crippen molar-refractivity contribution in [3.05, 3.63) is 52.6 Å². The molecular formula is C15H19ClFN3. The second-order valence-electron chi connectivity index (χ2n) is 5.25. The van der Waals surface area contributed by atoms with Crippen LogP contribution in [-0.4, -0.2) is 15.8 Å². The number of hydrogen-bond donors (Lipinski definition) is 1. The molecule has 3 nitrogen and oxygen atoms in total. The summed E-state index contributed by atoms with van der Waals surface area (Å²) >= 11 is 6.01. The van der Waals surface area contributed by atoms with E-state index < -0.39 is 0 Å². The van der Waals surface area contributed by atoms with Crippen LogP contribution in [0, 0.1) is 5.82 Å². The first-order valence-corrected chi connectivity index (χ1v) is 7.07. The maximum atomic E-state index is 13.7. The minimum absolute atomic E-state index is 0.208. The molecule has 0 bridgehead atoms. The van der Waals surface area contributed by atoms with Crippen molar-refractivity contribution < 1.29 is 4.39 Å².